The smallest absolute Gasteiger partial charge is 0.253 e. The van der Waals surface area contributed by atoms with E-state index in [1.54, 1.807) is 30.1 Å². The highest BCUT2D eigenvalue weighted by atomic mass is 35.5. The minimum Gasteiger partial charge on any atom is -0.387 e. The molecule has 0 radical (unpaired) electrons. The van der Waals surface area contributed by atoms with E-state index in [1.165, 1.54) is 0 Å². The fraction of sp³-hybridized carbons (Fsp3) is 0.368. The van der Waals surface area contributed by atoms with Crippen LogP contribution in [0.2, 0.25) is 5.02 Å². The van der Waals surface area contributed by atoms with Crippen molar-refractivity contribution >= 4 is 23.2 Å². The van der Waals surface area contributed by atoms with Crippen LogP contribution in [-0.4, -0.2) is 43.5 Å². The van der Waals surface area contributed by atoms with Crippen LogP contribution < -0.4 is 10.6 Å². The summed E-state index contributed by atoms with van der Waals surface area (Å²) >= 11 is 6.08. The molecule has 146 valence electrons. The van der Waals surface area contributed by atoms with Gasteiger partial charge in [-0.3, -0.25) is 9.48 Å². The van der Waals surface area contributed by atoms with E-state index in [4.69, 9.17) is 11.6 Å². The Bertz CT molecular complexity index is 1010. The third kappa shape index (κ3) is 3.60. The Balaban J connectivity index is 1.48. The van der Waals surface area contributed by atoms with Crippen LogP contribution in [0, 0.1) is 0 Å². The molecule has 28 heavy (non-hydrogen) atoms. The topological polar surface area (TPSA) is 89.7 Å². The number of rotatable bonds is 4. The number of aromatic nitrogens is 5. The molecular formula is C19H22ClN7O. The number of halogens is 1. The largest absolute Gasteiger partial charge is 0.387 e. The van der Waals surface area contributed by atoms with E-state index in [9.17, 15) is 4.79 Å². The van der Waals surface area contributed by atoms with Crippen molar-refractivity contribution in [3.8, 4) is 11.4 Å². The number of aryl methyl sites for hydroxylation is 2. The molecule has 4 rings (SSSR count). The monoisotopic (exact) mass is 399 g/mol. The summed E-state index contributed by atoms with van der Waals surface area (Å²) in [5.41, 5.74) is 2.25. The molecule has 0 spiro atoms. The summed E-state index contributed by atoms with van der Waals surface area (Å²) in [7, 11) is 3.67. The number of benzene rings is 1. The van der Waals surface area contributed by atoms with E-state index in [2.05, 4.69) is 30.5 Å². The Kier molecular flexibility index (Phi) is 5.04. The zero-order valence-corrected chi connectivity index (χ0v) is 16.6. The summed E-state index contributed by atoms with van der Waals surface area (Å²) in [6.07, 6.45) is 6.10. The maximum atomic E-state index is 12.8. The molecule has 1 aromatic carbocycles. The maximum absolute atomic E-state index is 12.8. The molecule has 1 unspecified atom stereocenters. The van der Waals surface area contributed by atoms with Crippen LogP contribution in [0.4, 0.5) is 5.69 Å². The second-order valence-electron chi connectivity index (χ2n) is 6.93. The summed E-state index contributed by atoms with van der Waals surface area (Å²) in [5, 5.41) is 19.6. The summed E-state index contributed by atoms with van der Waals surface area (Å²) < 4.78 is 3.88. The number of nitrogens with zero attached hydrogens (tertiary/aromatic N) is 5. The van der Waals surface area contributed by atoms with Crippen molar-refractivity contribution in [1.82, 2.24) is 29.9 Å². The van der Waals surface area contributed by atoms with E-state index in [1.807, 2.05) is 19.3 Å². The molecular weight excluding hydrogens is 378 g/mol. The van der Waals surface area contributed by atoms with Crippen molar-refractivity contribution < 1.29 is 4.79 Å². The number of hydrogen-bond donors (Lipinski definition) is 2. The molecule has 1 aliphatic heterocycles. The van der Waals surface area contributed by atoms with E-state index >= 15 is 0 Å². The van der Waals surface area contributed by atoms with Gasteiger partial charge in [-0.15, -0.1) is 10.2 Å². The lowest BCUT2D eigenvalue weighted by Gasteiger charge is -2.18. The first-order valence-electron chi connectivity index (χ1n) is 9.24. The highest BCUT2D eigenvalue weighted by Crippen LogP contribution is 2.24. The minimum atomic E-state index is -0.123. The number of amides is 1. The van der Waals surface area contributed by atoms with Crippen LogP contribution in [0.3, 0.4) is 0 Å². The quantitative estimate of drug-likeness (QED) is 0.703. The van der Waals surface area contributed by atoms with Crippen molar-refractivity contribution in [2.24, 2.45) is 7.05 Å². The van der Waals surface area contributed by atoms with Crippen LogP contribution in [0.15, 0.2) is 30.6 Å². The van der Waals surface area contributed by atoms with Crippen molar-refractivity contribution in [2.75, 3.05) is 12.4 Å². The van der Waals surface area contributed by atoms with Gasteiger partial charge in [0.05, 0.1) is 17.3 Å². The van der Waals surface area contributed by atoms with Crippen molar-refractivity contribution in [1.29, 1.82) is 0 Å². The fourth-order valence-electron chi connectivity index (χ4n) is 3.57. The molecule has 2 aromatic heterocycles. The van der Waals surface area contributed by atoms with Gasteiger partial charge in [0.25, 0.3) is 5.91 Å². The van der Waals surface area contributed by atoms with Crippen molar-refractivity contribution in [3.63, 3.8) is 0 Å². The Hall–Kier alpha value is -2.87. The highest BCUT2D eigenvalue weighted by Gasteiger charge is 2.23. The Labute approximate surface area is 167 Å². The molecule has 0 bridgehead atoms. The standard InChI is InChI=1S/C19H22ClN7O/c1-21-16-5-3-13(20)9-15(16)19(28)23-14-4-6-17-24-25-18(27(17)8-7-14)12-10-22-26(2)11-12/h3,5,9-11,14,21H,4,6-8H2,1-2H3,(H,23,28). The van der Waals surface area contributed by atoms with E-state index in [0.717, 1.165) is 48.7 Å². The molecule has 8 nitrogen and oxygen atoms in total. The highest BCUT2D eigenvalue weighted by molar-refractivity contribution is 6.31. The van der Waals surface area contributed by atoms with Crippen LogP contribution >= 0.6 is 11.6 Å². The SMILES string of the molecule is CNc1ccc(Cl)cc1C(=O)NC1CCc2nnc(-c3cnn(C)c3)n2CC1. The summed E-state index contributed by atoms with van der Waals surface area (Å²) in [4.78, 5) is 12.8. The molecule has 0 saturated heterocycles. The minimum absolute atomic E-state index is 0.0552. The lowest BCUT2D eigenvalue weighted by molar-refractivity contribution is 0.0934. The Morgan fingerprint density at radius 1 is 1.29 bits per heavy atom. The molecule has 9 heteroatoms. The number of anilines is 1. The van der Waals surface area contributed by atoms with Gasteiger partial charge in [0, 0.05) is 50.0 Å². The second kappa shape index (κ2) is 7.63. The van der Waals surface area contributed by atoms with Crippen molar-refractivity contribution in [2.45, 2.75) is 31.8 Å². The first-order chi connectivity index (χ1) is 13.5. The third-order valence-corrected chi connectivity index (χ3v) is 5.27. The summed E-state index contributed by atoms with van der Waals surface area (Å²) in [6.45, 7) is 0.742. The van der Waals surface area contributed by atoms with Gasteiger partial charge in [0.1, 0.15) is 5.82 Å². The number of hydrogen-bond acceptors (Lipinski definition) is 5. The van der Waals surface area contributed by atoms with Crippen LogP contribution in [0.25, 0.3) is 11.4 Å². The van der Waals surface area contributed by atoms with Crippen LogP contribution in [-0.2, 0) is 20.0 Å². The summed E-state index contributed by atoms with van der Waals surface area (Å²) in [5.74, 6) is 1.64. The van der Waals surface area contributed by atoms with Gasteiger partial charge in [-0.05, 0) is 31.0 Å². The zero-order valence-electron chi connectivity index (χ0n) is 15.8. The number of nitrogens with one attached hydrogen (secondary N) is 2. The first-order valence-corrected chi connectivity index (χ1v) is 9.62. The van der Waals surface area contributed by atoms with Crippen LogP contribution in [0.1, 0.15) is 29.0 Å². The van der Waals surface area contributed by atoms with E-state index in [0.29, 0.717) is 10.6 Å². The van der Waals surface area contributed by atoms with E-state index in [-0.39, 0.29) is 11.9 Å². The van der Waals surface area contributed by atoms with Gasteiger partial charge in [-0.25, -0.2) is 0 Å². The predicted octanol–water partition coefficient (Wildman–Crippen LogP) is 2.51. The van der Waals surface area contributed by atoms with Gasteiger partial charge < -0.3 is 15.2 Å². The first kappa shape index (κ1) is 18.5. The molecule has 3 aromatic rings. The van der Waals surface area contributed by atoms with Crippen molar-refractivity contribution in [3.05, 3.63) is 47.0 Å². The molecule has 1 atom stereocenters. The van der Waals surface area contributed by atoms with Crippen LogP contribution in [0.5, 0.6) is 0 Å². The number of fused-ring (bicyclic) bond motifs is 1. The molecule has 1 aliphatic rings. The fourth-order valence-corrected chi connectivity index (χ4v) is 3.74. The normalized spacial score (nSPS) is 16.3. The van der Waals surface area contributed by atoms with Gasteiger partial charge in [0.15, 0.2) is 5.82 Å². The Morgan fingerprint density at radius 3 is 2.89 bits per heavy atom. The molecule has 1 amide bonds. The molecule has 0 fully saturated rings. The van der Waals surface area contributed by atoms with Gasteiger partial charge >= 0.3 is 0 Å². The number of carbonyl (C=O) groups excluding carboxylic acids is 1. The van der Waals surface area contributed by atoms with Gasteiger partial charge in [-0.2, -0.15) is 5.10 Å². The molecule has 0 aliphatic carbocycles. The predicted molar refractivity (Wildman–Crippen MR) is 107 cm³/mol. The van der Waals surface area contributed by atoms with Gasteiger partial charge in [-0.1, -0.05) is 11.6 Å². The lowest BCUT2D eigenvalue weighted by atomic mass is 10.1. The van der Waals surface area contributed by atoms with E-state index < -0.39 is 0 Å². The number of carbonyl (C=O) groups is 1. The molecule has 0 saturated carbocycles. The second-order valence-corrected chi connectivity index (χ2v) is 7.37. The lowest BCUT2D eigenvalue weighted by Crippen LogP contribution is -2.35. The average Bonchev–Trinajstić information content (AvgIpc) is 3.24. The Morgan fingerprint density at radius 2 is 2.14 bits per heavy atom. The third-order valence-electron chi connectivity index (χ3n) is 5.04. The maximum Gasteiger partial charge on any atom is 0.253 e. The zero-order chi connectivity index (χ0) is 19.7. The van der Waals surface area contributed by atoms with Gasteiger partial charge in [0.2, 0.25) is 0 Å². The molecule has 2 N–H and O–H groups in total. The molecule has 3 heterocycles. The average molecular weight is 400 g/mol. The summed E-state index contributed by atoms with van der Waals surface area (Å²) in [6, 6.07) is 5.32.